The van der Waals surface area contributed by atoms with Crippen LogP contribution in [0.5, 0.6) is 0 Å². The second kappa shape index (κ2) is 4.01. The fourth-order valence-corrected chi connectivity index (χ4v) is 1.90. The Bertz CT molecular complexity index is 455. The number of hydrogen-bond acceptors (Lipinski definition) is 2. The summed E-state index contributed by atoms with van der Waals surface area (Å²) in [5.74, 6) is 1.45. The summed E-state index contributed by atoms with van der Waals surface area (Å²) < 4.78 is 0. The van der Waals surface area contributed by atoms with Crippen molar-refractivity contribution in [3.05, 3.63) is 23.8 Å². The highest BCUT2D eigenvalue weighted by molar-refractivity contribution is 5.78. The van der Waals surface area contributed by atoms with E-state index in [1.807, 2.05) is 12.4 Å². The number of rotatable bonds is 3. The predicted octanol–water partition coefficient (Wildman–Crippen LogP) is 3.17. The minimum atomic E-state index is 0.484. The van der Waals surface area contributed by atoms with Crippen LogP contribution in [0.2, 0.25) is 0 Å². The zero-order chi connectivity index (χ0) is 10.8. The Balaban J connectivity index is 2.46. The van der Waals surface area contributed by atoms with Gasteiger partial charge in [-0.3, -0.25) is 0 Å². The molecule has 2 aromatic heterocycles. The summed E-state index contributed by atoms with van der Waals surface area (Å²) in [6.07, 6.45) is 6.11. The molecule has 0 amide bonds. The van der Waals surface area contributed by atoms with E-state index in [2.05, 4.69) is 35.7 Å². The first-order valence-electron chi connectivity index (χ1n) is 5.56. The first-order valence-corrected chi connectivity index (χ1v) is 5.56. The first kappa shape index (κ1) is 10.1. The molecule has 15 heavy (non-hydrogen) atoms. The summed E-state index contributed by atoms with van der Waals surface area (Å²) in [4.78, 5) is 12.2. The van der Waals surface area contributed by atoms with Crippen LogP contribution in [-0.4, -0.2) is 15.0 Å². The molecule has 0 atom stereocenters. The SMILES string of the molecule is CCC(CC)c1ncc2c(C)c[nH]c2n1. The molecule has 2 rings (SSSR count). The predicted molar refractivity (Wildman–Crippen MR) is 61.9 cm³/mol. The Morgan fingerprint density at radius 1 is 1.33 bits per heavy atom. The van der Waals surface area contributed by atoms with Crippen LogP contribution in [0.4, 0.5) is 0 Å². The highest BCUT2D eigenvalue weighted by Crippen LogP contribution is 2.22. The molecule has 0 aliphatic heterocycles. The maximum Gasteiger partial charge on any atom is 0.141 e. The largest absolute Gasteiger partial charge is 0.346 e. The van der Waals surface area contributed by atoms with Gasteiger partial charge in [-0.1, -0.05) is 13.8 Å². The van der Waals surface area contributed by atoms with E-state index in [4.69, 9.17) is 0 Å². The fourth-order valence-electron chi connectivity index (χ4n) is 1.90. The number of nitrogens with one attached hydrogen (secondary N) is 1. The Kier molecular flexibility index (Phi) is 2.71. The summed E-state index contributed by atoms with van der Waals surface area (Å²) in [7, 11) is 0. The van der Waals surface area contributed by atoms with Crippen molar-refractivity contribution in [2.75, 3.05) is 0 Å². The average molecular weight is 203 g/mol. The molecule has 80 valence electrons. The molecule has 2 heterocycles. The molecule has 0 fully saturated rings. The lowest BCUT2D eigenvalue weighted by Crippen LogP contribution is -2.02. The Hall–Kier alpha value is -1.38. The molecule has 0 spiro atoms. The standard InChI is InChI=1S/C12H17N3/c1-4-9(5-2)11-14-7-10-8(3)6-13-12(10)15-11/h6-7,9H,4-5H2,1-3H3,(H,13,14,15). The van der Waals surface area contributed by atoms with Gasteiger partial charge < -0.3 is 4.98 Å². The molecule has 0 bridgehead atoms. The lowest BCUT2D eigenvalue weighted by molar-refractivity contribution is 0.604. The van der Waals surface area contributed by atoms with E-state index in [1.54, 1.807) is 0 Å². The van der Waals surface area contributed by atoms with Crippen molar-refractivity contribution in [1.82, 2.24) is 15.0 Å². The van der Waals surface area contributed by atoms with E-state index in [9.17, 15) is 0 Å². The molecular formula is C12H17N3. The smallest absolute Gasteiger partial charge is 0.141 e. The van der Waals surface area contributed by atoms with Crippen LogP contribution < -0.4 is 0 Å². The molecule has 0 radical (unpaired) electrons. The van der Waals surface area contributed by atoms with Crippen molar-refractivity contribution in [2.45, 2.75) is 39.5 Å². The van der Waals surface area contributed by atoms with E-state index in [0.29, 0.717) is 5.92 Å². The molecule has 1 N–H and O–H groups in total. The van der Waals surface area contributed by atoms with Gasteiger partial charge in [-0.15, -0.1) is 0 Å². The molecular weight excluding hydrogens is 186 g/mol. The number of aryl methyl sites for hydroxylation is 1. The molecule has 0 aliphatic rings. The number of aromatic nitrogens is 3. The van der Waals surface area contributed by atoms with Crippen molar-refractivity contribution in [1.29, 1.82) is 0 Å². The number of hydrogen-bond donors (Lipinski definition) is 1. The zero-order valence-corrected chi connectivity index (χ0v) is 9.54. The zero-order valence-electron chi connectivity index (χ0n) is 9.54. The van der Waals surface area contributed by atoms with Gasteiger partial charge in [0.15, 0.2) is 0 Å². The molecule has 3 heteroatoms. The van der Waals surface area contributed by atoms with E-state index >= 15 is 0 Å². The van der Waals surface area contributed by atoms with Crippen LogP contribution in [0.15, 0.2) is 12.4 Å². The van der Waals surface area contributed by atoms with E-state index in [1.165, 1.54) is 5.56 Å². The van der Waals surface area contributed by atoms with E-state index in [-0.39, 0.29) is 0 Å². The Morgan fingerprint density at radius 3 is 2.73 bits per heavy atom. The summed E-state index contributed by atoms with van der Waals surface area (Å²) in [5.41, 5.74) is 2.17. The van der Waals surface area contributed by atoms with Gasteiger partial charge >= 0.3 is 0 Å². The maximum atomic E-state index is 4.57. The Labute approximate surface area is 90.0 Å². The van der Waals surface area contributed by atoms with Gasteiger partial charge in [-0.2, -0.15) is 0 Å². The van der Waals surface area contributed by atoms with E-state index in [0.717, 1.165) is 29.7 Å². The van der Waals surface area contributed by atoms with Gasteiger partial charge in [0.05, 0.1) is 0 Å². The summed E-state index contributed by atoms with van der Waals surface area (Å²) in [6.45, 7) is 6.43. The highest BCUT2D eigenvalue weighted by Gasteiger charge is 2.11. The van der Waals surface area contributed by atoms with Gasteiger partial charge in [0.2, 0.25) is 0 Å². The monoisotopic (exact) mass is 203 g/mol. The molecule has 0 saturated heterocycles. The molecule has 0 saturated carbocycles. The van der Waals surface area contributed by atoms with Gasteiger partial charge in [0.1, 0.15) is 11.5 Å². The van der Waals surface area contributed by atoms with Crippen LogP contribution in [0.25, 0.3) is 11.0 Å². The Morgan fingerprint density at radius 2 is 2.07 bits per heavy atom. The second-order valence-corrected chi connectivity index (χ2v) is 3.98. The average Bonchev–Trinajstić information content (AvgIpc) is 2.62. The minimum absolute atomic E-state index is 0.484. The maximum absolute atomic E-state index is 4.57. The molecule has 0 aromatic carbocycles. The highest BCUT2D eigenvalue weighted by atomic mass is 14.9. The van der Waals surface area contributed by atoms with Gasteiger partial charge in [0, 0.05) is 23.7 Å². The molecule has 0 aliphatic carbocycles. The third-order valence-electron chi connectivity index (χ3n) is 3.01. The van der Waals surface area contributed by atoms with Crippen molar-refractivity contribution >= 4 is 11.0 Å². The summed E-state index contributed by atoms with van der Waals surface area (Å²) in [6, 6.07) is 0. The molecule has 3 nitrogen and oxygen atoms in total. The topological polar surface area (TPSA) is 41.6 Å². The van der Waals surface area contributed by atoms with E-state index < -0.39 is 0 Å². The lowest BCUT2D eigenvalue weighted by Gasteiger charge is -2.09. The molecule has 0 unspecified atom stereocenters. The number of nitrogens with zero attached hydrogens (tertiary/aromatic N) is 2. The number of H-pyrrole nitrogens is 1. The van der Waals surface area contributed by atoms with Crippen LogP contribution in [0, 0.1) is 6.92 Å². The second-order valence-electron chi connectivity index (χ2n) is 3.98. The summed E-state index contributed by atoms with van der Waals surface area (Å²) in [5, 5.41) is 1.13. The minimum Gasteiger partial charge on any atom is -0.346 e. The normalized spacial score (nSPS) is 11.5. The summed E-state index contributed by atoms with van der Waals surface area (Å²) >= 11 is 0. The molecule has 2 aromatic rings. The third kappa shape index (κ3) is 1.74. The number of fused-ring (bicyclic) bond motifs is 1. The van der Waals surface area contributed by atoms with Crippen LogP contribution in [0.3, 0.4) is 0 Å². The van der Waals surface area contributed by atoms with Gasteiger partial charge in [-0.05, 0) is 25.3 Å². The van der Waals surface area contributed by atoms with Crippen LogP contribution in [0.1, 0.15) is 44.0 Å². The van der Waals surface area contributed by atoms with Gasteiger partial charge in [0.25, 0.3) is 0 Å². The van der Waals surface area contributed by atoms with Crippen molar-refractivity contribution in [3.8, 4) is 0 Å². The van der Waals surface area contributed by atoms with Gasteiger partial charge in [-0.25, -0.2) is 9.97 Å². The van der Waals surface area contributed by atoms with Crippen LogP contribution >= 0.6 is 0 Å². The van der Waals surface area contributed by atoms with Crippen LogP contribution in [-0.2, 0) is 0 Å². The van der Waals surface area contributed by atoms with Crippen molar-refractivity contribution in [3.63, 3.8) is 0 Å². The van der Waals surface area contributed by atoms with Crippen molar-refractivity contribution in [2.24, 2.45) is 0 Å². The quantitative estimate of drug-likeness (QED) is 0.832. The fraction of sp³-hybridized carbons (Fsp3) is 0.500. The lowest BCUT2D eigenvalue weighted by atomic mass is 10.0. The number of aromatic amines is 1. The first-order chi connectivity index (χ1) is 7.26. The van der Waals surface area contributed by atoms with Crippen molar-refractivity contribution < 1.29 is 0 Å². The third-order valence-corrected chi connectivity index (χ3v) is 3.01.